The lowest BCUT2D eigenvalue weighted by Gasteiger charge is -2.19. The minimum Gasteiger partial charge on any atom is -0.394 e. The maximum Gasteiger partial charge on any atom is 0.220 e. The zero-order chi connectivity index (χ0) is 35.0. The van der Waals surface area contributed by atoms with E-state index in [0.29, 0.717) is 6.42 Å². The molecule has 2 atom stereocenters. The largest absolute Gasteiger partial charge is 0.394 e. The Morgan fingerprint density at radius 1 is 0.479 bits per heavy atom. The van der Waals surface area contributed by atoms with Gasteiger partial charge in [-0.05, 0) is 32.1 Å². The summed E-state index contributed by atoms with van der Waals surface area (Å²) < 4.78 is 0. The summed E-state index contributed by atoms with van der Waals surface area (Å²) in [5.41, 5.74) is 0. The molecule has 0 saturated carbocycles. The maximum atomic E-state index is 12.3. The first-order chi connectivity index (χ1) is 23.7. The molecule has 2 unspecified atom stereocenters. The highest BCUT2D eigenvalue weighted by molar-refractivity contribution is 5.76. The Balaban J connectivity index is 3.42. The van der Waals surface area contributed by atoms with Crippen LogP contribution in [0, 0.1) is 0 Å². The lowest BCUT2D eigenvalue weighted by molar-refractivity contribution is -0.123. The smallest absolute Gasteiger partial charge is 0.220 e. The Kier molecular flexibility index (Phi) is 39.4. The van der Waals surface area contributed by atoms with Gasteiger partial charge in [-0.15, -0.1) is 0 Å². The van der Waals surface area contributed by atoms with Crippen molar-refractivity contribution in [1.82, 2.24) is 5.32 Å². The number of aliphatic hydroxyl groups is 2. The molecule has 1 amide bonds. The fourth-order valence-electron chi connectivity index (χ4n) is 6.61. The minimum atomic E-state index is -0.855. The van der Waals surface area contributed by atoms with Gasteiger partial charge in [-0.25, -0.2) is 0 Å². The van der Waals surface area contributed by atoms with Crippen LogP contribution < -0.4 is 5.32 Å². The van der Waals surface area contributed by atoms with Crippen LogP contribution in [-0.4, -0.2) is 34.9 Å². The summed E-state index contributed by atoms with van der Waals surface area (Å²) in [6.07, 6.45) is 51.7. The van der Waals surface area contributed by atoms with Crippen molar-refractivity contribution >= 4 is 5.91 Å². The molecule has 284 valence electrons. The predicted molar refractivity (Wildman–Crippen MR) is 212 cm³/mol. The Morgan fingerprint density at radius 2 is 0.812 bits per heavy atom. The second-order valence-electron chi connectivity index (χ2n) is 14.8. The van der Waals surface area contributed by atoms with Crippen molar-refractivity contribution < 1.29 is 15.0 Å². The molecule has 48 heavy (non-hydrogen) atoms. The highest BCUT2D eigenvalue weighted by atomic mass is 16.3. The van der Waals surface area contributed by atoms with E-state index < -0.39 is 12.1 Å². The molecule has 0 aromatic rings. The molecule has 0 radical (unpaired) electrons. The average molecular weight is 676 g/mol. The first-order valence-corrected chi connectivity index (χ1v) is 21.6. The fraction of sp³-hybridized carbons (Fsp3) is 0.886. The summed E-state index contributed by atoms with van der Waals surface area (Å²) in [4.78, 5) is 12.3. The maximum absolute atomic E-state index is 12.3. The van der Waals surface area contributed by atoms with Crippen molar-refractivity contribution in [2.24, 2.45) is 0 Å². The van der Waals surface area contributed by atoms with Crippen LogP contribution in [0.25, 0.3) is 0 Å². The minimum absolute atomic E-state index is 0.0731. The highest BCUT2D eigenvalue weighted by Gasteiger charge is 2.17. The van der Waals surface area contributed by atoms with Gasteiger partial charge in [-0.1, -0.05) is 218 Å². The summed E-state index contributed by atoms with van der Waals surface area (Å²) >= 11 is 0. The van der Waals surface area contributed by atoms with E-state index in [9.17, 15) is 15.0 Å². The fourth-order valence-corrected chi connectivity index (χ4v) is 6.61. The number of allylic oxidation sites excluding steroid dienone is 3. The van der Waals surface area contributed by atoms with E-state index >= 15 is 0 Å². The summed E-state index contributed by atoms with van der Waals surface area (Å²) in [7, 11) is 0. The van der Waals surface area contributed by atoms with Crippen molar-refractivity contribution in [2.45, 2.75) is 244 Å². The van der Waals surface area contributed by atoms with Crippen molar-refractivity contribution in [3.05, 3.63) is 24.3 Å². The molecule has 0 fully saturated rings. The van der Waals surface area contributed by atoms with Gasteiger partial charge in [0.1, 0.15) is 0 Å². The standard InChI is InChI=1S/C44H85NO3/c1-3-5-7-9-11-13-14-15-16-17-18-19-20-21-22-23-24-25-26-27-28-29-30-32-34-36-38-40-44(48)45-42(41-46)43(47)39-37-35-33-31-12-10-8-6-4-2/h12,31,37,39,42-43,46-47H,3-11,13-30,32-36,38,40-41H2,1-2H3,(H,45,48)/b31-12+,39-37+. The van der Waals surface area contributed by atoms with E-state index in [1.54, 1.807) is 6.08 Å². The normalized spacial score (nSPS) is 13.2. The second kappa shape index (κ2) is 40.3. The van der Waals surface area contributed by atoms with Crippen LogP contribution in [0.2, 0.25) is 0 Å². The van der Waals surface area contributed by atoms with Crippen molar-refractivity contribution in [3.63, 3.8) is 0 Å². The van der Waals surface area contributed by atoms with Crippen molar-refractivity contribution in [1.29, 1.82) is 0 Å². The Labute approximate surface area is 300 Å². The van der Waals surface area contributed by atoms with Gasteiger partial charge in [0.15, 0.2) is 0 Å². The molecule has 0 aliphatic carbocycles. The predicted octanol–water partition coefficient (Wildman–Crippen LogP) is 13.2. The molecular weight excluding hydrogens is 590 g/mol. The van der Waals surface area contributed by atoms with E-state index in [2.05, 4.69) is 31.3 Å². The van der Waals surface area contributed by atoms with Crippen LogP contribution in [0.1, 0.15) is 232 Å². The van der Waals surface area contributed by atoms with Gasteiger partial charge >= 0.3 is 0 Å². The Bertz CT molecular complexity index is 691. The van der Waals surface area contributed by atoms with Crippen LogP contribution in [0.5, 0.6) is 0 Å². The van der Waals surface area contributed by atoms with Gasteiger partial charge in [0.2, 0.25) is 5.91 Å². The number of hydrogen-bond acceptors (Lipinski definition) is 3. The van der Waals surface area contributed by atoms with E-state index in [1.807, 2.05) is 6.08 Å². The molecule has 0 aliphatic rings. The average Bonchev–Trinajstić information content (AvgIpc) is 3.09. The van der Waals surface area contributed by atoms with Gasteiger partial charge in [0, 0.05) is 6.42 Å². The van der Waals surface area contributed by atoms with Crippen LogP contribution in [0.3, 0.4) is 0 Å². The number of hydrogen-bond donors (Lipinski definition) is 3. The first-order valence-electron chi connectivity index (χ1n) is 21.6. The highest BCUT2D eigenvalue weighted by Crippen LogP contribution is 2.16. The van der Waals surface area contributed by atoms with E-state index in [0.717, 1.165) is 32.1 Å². The van der Waals surface area contributed by atoms with Gasteiger partial charge < -0.3 is 15.5 Å². The quantitative estimate of drug-likeness (QED) is 0.0448. The van der Waals surface area contributed by atoms with E-state index in [-0.39, 0.29) is 12.5 Å². The van der Waals surface area contributed by atoms with Crippen LogP contribution in [0.15, 0.2) is 24.3 Å². The molecule has 0 rings (SSSR count). The number of carbonyl (C=O) groups excluding carboxylic acids is 1. The number of rotatable bonds is 39. The number of amides is 1. The summed E-state index contributed by atoms with van der Waals surface area (Å²) in [6, 6.07) is -0.632. The van der Waals surface area contributed by atoms with Gasteiger partial charge in [0.05, 0.1) is 18.8 Å². The molecule has 3 N–H and O–H groups in total. The molecular formula is C44H85NO3. The lowest BCUT2D eigenvalue weighted by atomic mass is 10.0. The first kappa shape index (κ1) is 46.9. The number of unbranched alkanes of at least 4 members (excludes halogenated alkanes) is 30. The number of aliphatic hydroxyl groups excluding tert-OH is 2. The van der Waals surface area contributed by atoms with Crippen LogP contribution in [0.4, 0.5) is 0 Å². The summed E-state index contributed by atoms with van der Waals surface area (Å²) in [5, 5.41) is 22.8. The molecule has 4 heteroatoms. The number of carbonyl (C=O) groups is 1. The molecule has 0 saturated heterocycles. The third kappa shape index (κ3) is 36.2. The van der Waals surface area contributed by atoms with Crippen LogP contribution >= 0.6 is 0 Å². The molecule has 0 aliphatic heterocycles. The third-order valence-electron chi connectivity index (χ3n) is 9.94. The lowest BCUT2D eigenvalue weighted by Crippen LogP contribution is -2.45. The van der Waals surface area contributed by atoms with Gasteiger partial charge in [-0.3, -0.25) is 4.79 Å². The topological polar surface area (TPSA) is 69.6 Å². The zero-order valence-corrected chi connectivity index (χ0v) is 32.5. The molecule has 0 aromatic carbocycles. The molecule has 0 heterocycles. The Morgan fingerprint density at radius 3 is 1.21 bits per heavy atom. The molecule has 4 nitrogen and oxygen atoms in total. The van der Waals surface area contributed by atoms with Crippen LogP contribution in [-0.2, 0) is 4.79 Å². The monoisotopic (exact) mass is 676 g/mol. The molecule has 0 bridgehead atoms. The van der Waals surface area contributed by atoms with Crippen molar-refractivity contribution in [3.8, 4) is 0 Å². The van der Waals surface area contributed by atoms with E-state index in [4.69, 9.17) is 0 Å². The second-order valence-corrected chi connectivity index (χ2v) is 14.8. The third-order valence-corrected chi connectivity index (χ3v) is 9.94. The van der Waals surface area contributed by atoms with E-state index in [1.165, 1.54) is 180 Å². The Hall–Kier alpha value is -1.13. The van der Waals surface area contributed by atoms with Crippen molar-refractivity contribution in [2.75, 3.05) is 6.61 Å². The zero-order valence-electron chi connectivity index (χ0n) is 32.5. The molecule has 0 spiro atoms. The SMILES string of the molecule is CCCCC/C=C/CC/C=C/C(O)C(CO)NC(=O)CCCCCCCCCCCCCCCCCCCCCCCCCCCCC. The summed E-state index contributed by atoms with van der Waals surface area (Å²) in [6.45, 7) is 4.26. The number of nitrogens with one attached hydrogen (secondary N) is 1. The van der Waals surface area contributed by atoms with Gasteiger partial charge in [-0.2, -0.15) is 0 Å². The molecule has 0 aromatic heterocycles. The summed E-state index contributed by atoms with van der Waals surface area (Å²) in [5.74, 6) is -0.0731. The van der Waals surface area contributed by atoms with Gasteiger partial charge in [0.25, 0.3) is 0 Å².